The van der Waals surface area contributed by atoms with Gasteiger partial charge in [-0.05, 0) is 24.6 Å². The normalized spacial score (nSPS) is 13.5. The third-order valence-corrected chi connectivity index (χ3v) is 3.34. The quantitative estimate of drug-likeness (QED) is 0.860. The first-order valence-corrected chi connectivity index (χ1v) is 7.15. The van der Waals surface area contributed by atoms with Crippen LogP contribution in [0.4, 0.5) is 5.69 Å². The number of benzene rings is 2. The molecule has 3 rings (SSSR count). The topological polar surface area (TPSA) is 56.8 Å². The summed E-state index contributed by atoms with van der Waals surface area (Å²) in [5.74, 6) is 1.06. The number of fused-ring (bicyclic) bond motifs is 1. The summed E-state index contributed by atoms with van der Waals surface area (Å²) in [5, 5.41) is 3.20. The molecule has 0 amide bonds. The van der Waals surface area contributed by atoms with Gasteiger partial charge in [-0.25, -0.2) is 4.79 Å². The van der Waals surface area contributed by atoms with Crippen LogP contribution in [0, 0.1) is 0 Å². The Hall–Kier alpha value is -2.69. The summed E-state index contributed by atoms with van der Waals surface area (Å²) in [6, 6.07) is 14.4. The summed E-state index contributed by atoms with van der Waals surface area (Å²) in [5.41, 5.74) is 1.62. The lowest BCUT2D eigenvalue weighted by Crippen LogP contribution is -2.23. The predicted octanol–water partition coefficient (Wildman–Crippen LogP) is 3.13. The van der Waals surface area contributed by atoms with Gasteiger partial charge in [-0.1, -0.05) is 30.3 Å². The van der Waals surface area contributed by atoms with Crippen molar-refractivity contribution in [2.24, 2.45) is 0 Å². The number of ether oxygens (including phenoxy) is 3. The summed E-state index contributed by atoms with van der Waals surface area (Å²) in [6.45, 7) is 2.35. The van der Waals surface area contributed by atoms with Crippen molar-refractivity contribution in [2.75, 3.05) is 18.7 Å². The Morgan fingerprint density at radius 3 is 2.73 bits per heavy atom. The van der Waals surface area contributed by atoms with Crippen LogP contribution in [0.5, 0.6) is 11.5 Å². The maximum atomic E-state index is 12.2. The van der Waals surface area contributed by atoms with Crippen molar-refractivity contribution in [3.8, 4) is 11.5 Å². The van der Waals surface area contributed by atoms with Gasteiger partial charge in [0, 0.05) is 11.8 Å². The van der Waals surface area contributed by atoms with Crippen molar-refractivity contribution in [3.05, 3.63) is 54.1 Å². The van der Waals surface area contributed by atoms with Gasteiger partial charge in [-0.15, -0.1) is 0 Å². The van der Waals surface area contributed by atoms with Crippen molar-refractivity contribution < 1.29 is 19.0 Å². The minimum absolute atomic E-state index is 0.221. The number of hydrogen-bond acceptors (Lipinski definition) is 5. The molecule has 0 radical (unpaired) electrons. The fourth-order valence-corrected chi connectivity index (χ4v) is 2.30. The van der Waals surface area contributed by atoms with Gasteiger partial charge < -0.3 is 19.5 Å². The number of rotatable bonds is 5. The molecule has 1 atom stereocenters. The van der Waals surface area contributed by atoms with Crippen LogP contribution in [0.3, 0.4) is 0 Å². The van der Waals surface area contributed by atoms with Gasteiger partial charge in [0.15, 0.2) is 17.5 Å². The molecule has 1 aliphatic heterocycles. The molecule has 0 unspecified atom stereocenters. The number of esters is 1. The van der Waals surface area contributed by atoms with E-state index in [-0.39, 0.29) is 12.8 Å². The average molecular weight is 299 g/mol. The molecule has 22 heavy (non-hydrogen) atoms. The summed E-state index contributed by atoms with van der Waals surface area (Å²) in [6.07, 6.45) is 0. The van der Waals surface area contributed by atoms with Crippen LogP contribution in [0.1, 0.15) is 18.5 Å². The zero-order chi connectivity index (χ0) is 15.4. The molecule has 1 N–H and O–H groups in total. The number of carbonyl (C=O) groups excluding carboxylic acids is 1. The van der Waals surface area contributed by atoms with E-state index in [2.05, 4.69) is 5.32 Å². The van der Waals surface area contributed by atoms with Crippen LogP contribution in [-0.4, -0.2) is 19.4 Å². The lowest BCUT2D eigenvalue weighted by Gasteiger charge is -2.19. The first kappa shape index (κ1) is 14.3. The Balaban J connectivity index is 1.85. The predicted molar refractivity (Wildman–Crippen MR) is 82.0 cm³/mol. The molecule has 1 aliphatic rings. The minimum Gasteiger partial charge on any atom is -0.464 e. The van der Waals surface area contributed by atoms with E-state index in [9.17, 15) is 4.79 Å². The Bertz CT molecular complexity index is 657. The number of nitrogens with one attached hydrogen (secondary N) is 1. The molecule has 0 fully saturated rings. The van der Waals surface area contributed by atoms with Crippen molar-refractivity contribution in [3.63, 3.8) is 0 Å². The van der Waals surface area contributed by atoms with Crippen molar-refractivity contribution in [2.45, 2.75) is 13.0 Å². The van der Waals surface area contributed by atoms with E-state index in [0.717, 1.165) is 11.3 Å². The number of anilines is 1. The smallest absolute Gasteiger partial charge is 0.333 e. The third-order valence-electron chi connectivity index (χ3n) is 3.34. The second kappa shape index (κ2) is 6.39. The van der Waals surface area contributed by atoms with Gasteiger partial charge in [0.1, 0.15) is 0 Å². The van der Waals surface area contributed by atoms with Crippen LogP contribution in [0.2, 0.25) is 0 Å². The highest BCUT2D eigenvalue weighted by molar-refractivity contribution is 5.81. The summed E-state index contributed by atoms with van der Waals surface area (Å²) >= 11 is 0. The summed E-state index contributed by atoms with van der Waals surface area (Å²) in [4.78, 5) is 12.2. The van der Waals surface area contributed by atoms with Gasteiger partial charge in [0.05, 0.1) is 6.61 Å². The maximum absolute atomic E-state index is 12.2. The van der Waals surface area contributed by atoms with E-state index in [1.54, 1.807) is 6.92 Å². The monoisotopic (exact) mass is 299 g/mol. The van der Waals surface area contributed by atoms with Crippen molar-refractivity contribution >= 4 is 11.7 Å². The molecule has 1 heterocycles. The standard InChI is InChI=1S/C17H17NO4/c1-2-20-17(19)16(12-6-4-3-5-7-12)18-13-8-9-14-15(10-13)22-11-21-14/h3-10,16,18H,2,11H2,1H3/t16-/m1/s1. The summed E-state index contributed by atoms with van der Waals surface area (Å²) < 4.78 is 15.8. The zero-order valence-corrected chi connectivity index (χ0v) is 12.2. The molecular weight excluding hydrogens is 282 g/mol. The number of carbonyl (C=O) groups is 1. The van der Waals surface area contributed by atoms with Gasteiger partial charge in [0.2, 0.25) is 6.79 Å². The largest absolute Gasteiger partial charge is 0.464 e. The highest BCUT2D eigenvalue weighted by Crippen LogP contribution is 2.35. The lowest BCUT2D eigenvalue weighted by atomic mass is 10.1. The fourth-order valence-electron chi connectivity index (χ4n) is 2.30. The van der Waals surface area contributed by atoms with Crippen LogP contribution >= 0.6 is 0 Å². The lowest BCUT2D eigenvalue weighted by molar-refractivity contribution is -0.144. The molecule has 0 aliphatic carbocycles. The fraction of sp³-hybridized carbons (Fsp3) is 0.235. The van der Waals surface area contributed by atoms with Gasteiger partial charge in [-0.3, -0.25) is 0 Å². The van der Waals surface area contributed by atoms with Crippen LogP contribution < -0.4 is 14.8 Å². The Morgan fingerprint density at radius 1 is 1.18 bits per heavy atom. The molecule has 0 saturated carbocycles. The average Bonchev–Trinajstić information content (AvgIpc) is 3.01. The molecule has 2 aromatic carbocycles. The van der Waals surface area contributed by atoms with E-state index >= 15 is 0 Å². The van der Waals surface area contributed by atoms with Gasteiger partial charge in [-0.2, -0.15) is 0 Å². The van der Waals surface area contributed by atoms with Gasteiger partial charge >= 0.3 is 5.97 Å². The first-order chi connectivity index (χ1) is 10.8. The molecule has 0 saturated heterocycles. The SMILES string of the molecule is CCOC(=O)[C@H](Nc1ccc2c(c1)OCO2)c1ccccc1. The molecule has 0 spiro atoms. The van der Waals surface area contributed by atoms with Crippen molar-refractivity contribution in [1.29, 1.82) is 0 Å². The summed E-state index contributed by atoms with van der Waals surface area (Å²) in [7, 11) is 0. The molecule has 0 aromatic heterocycles. The first-order valence-electron chi connectivity index (χ1n) is 7.15. The van der Waals surface area contributed by atoms with Gasteiger partial charge in [0.25, 0.3) is 0 Å². The molecule has 114 valence electrons. The minimum atomic E-state index is -0.568. The molecule has 5 nitrogen and oxygen atoms in total. The van der Waals surface area contributed by atoms with E-state index in [1.165, 1.54) is 0 Å². The Labute approximate surface area is 128 Å². The Kier molecular flexibility index (Phi) is 4.14. The highest BCUT2D eigenvalue weighted by Gasteiger charge is 2.22. The zero-order valence-electron chi connectivity index (χ0n) is 12.2. The Morgan fingerprint density at radius 2 is 1.95 bits per heavy atom. The van der Waals surface area contributed by atoms with Crippen LogP contribution in [0.25, 0.3) is 0 Å². The van der Waals surface area contributed by atoms with Crippen LogP contribution in [-0.2, 0) is 9.53 Å². The maximum Gasteiger partial charge on any atom is 0.333 e. The highest BCUT2D eigenvalue weighted by atomic mass is 16.7. The van der Waals surface area contributed by atoms with Crippen LogP contribution in [0.15, 0.2) is 48.5 Å². The third kappa shape index (κ3) is 2.98. The molecule has 5 heteroatoms. The second-order valence-electron chi connectivity index (χ2n) is 4.81. The van der Waals surface area contributed by atoms with E-state index < -0.39 is 6.04 Å². The van der Waals surface area contributed by atoms with Crippen molar-refractivity contribution in [1.82, 2.24) is 0 Å². The molecule has 2 aromatic rings. The molecule has 0 bridgehead atoms. The van der Waals surface area contributed by atoms with E-state index in [1.807, 2.05) is 48.5 Å². The second-order valence-corrected chi connectivity index (χ2v) is 4.81. The van der Waals surface area contributed by atoms with E-state index in [0.29, 0.717) is 18.1 Å². The molecular formula is C17H17NO4. The van der Waals surface area contributed by atoms with E-state index in [4.69, 9.17) is 14.2 Å². The number of hydrogen-bond donors (Lipinski definition) is 1.